The fourth-order valence-electron chi connectivity index (χ4n) is 7.43. The summed E-state index contributed by atoms with van der Waals surface area (Å²) in [6, 6.07) is 7.49. The molecule has 1 amide bonds. The van der Waals surface area contributed by atoms with Crippen molar-refractivity contribution in [1.29, 1.82) is 0 Å². The fourth-order valence-corrected chi connectivity index (χ4v) is 7.43. The highest BCUT2D eigenvalue weighted by Gasteiger charge is 2.57. The molecule has 9 heteroatoms. The van der Waals surface area contributed by atoms with Gasteiger partial charge in [0.05, 0.1) is 35.9 Å². The van der Waals surface area contributed by atoms with Crippen LogP contribution in [0.5, 0.6) is 0 Å². The Kier molecular flexibility index (Phi) is 5.85. The topological polar surface area (TPSA) is 54.5 Å². The van der Waals surface area contributed by atoms with E-state index in [9.17, 15) is 9.18 Å². The van der Waals surface area contributed by atoms with Crippen molar-refractivity contribution in [1.82, 2.24) is 9.80 Å². The van der Waals surface area contributed by atoms with Crippen molar-refractivity contribution >= 4 is 24.2 Å². The molecule has 7 rings (SSSR count). The Morgan fingerprint density at radius 1 is 0.921 bits per heavy atom. The molecule has 0 unspecified atom stereocenters. The van der Waals surface area contributed by atoms with Crippen LogP contribution >= 0.6 is 0 Å². The highest BCUT2D eigenvalue weighted by Crippen LogP contribution is 2.51. The molecule has 1 aliphatic carbocycles. The Balaban J connectivity index is 1.18. The van der Waals surface area contributed by atoms with Crippen molar-refractivity contribution in [2.24, 2.45) is 0 Å². The van der Waals surface area contributed by atoms with Crippen LogP contribution in [0.4, 0.5) is 10.1 Å². The third-order valence-electron chi connectivity index (χ3n) is 10.9. The number of ether oxygens (including phenoxy) is 1. The maximum atomic E-state index is 14.4. The smallest absolute Gasteiger partial charge is 0.399 e. The lowest BCUT2D eigenvalue weighted by Gasteiger charge is -2.47. The fraction of sp³-hybridized carbons (Fsp3) is 0.759. The number of rotatable bonds is 4. The molecule has 1 atom stereocenters. The predicted octanol–water partition coefficient (Wildman–Crippen LogP) is 2.64. The maximum absolute atomic E-state index is 14.4. The number of alkyl halides is 1. The van der Waals surface area contributed by atoms with Gasteiger partial charge in [0.25, 0.3) is 0 Å². The van der Waals surface area contributed by atoms with Crippen LogP contribution in [0.1, 0.15) is 65.4 Å². The first-order valence-corrected chi connectivity index (χ1v) is 14.6. The second kappa shape index (κ2) is 8.74. The summed E-state index contributed by atoms with van der Waals surface area (Å²) >= 11 is 0. The van der Waals surface area contributed by atoms with Gasteiger partial charge < -0.3 is 18.9 Å². The monoisotopic (exact) mass is 525 g/mol. The predicted molar refractivity (Wildman–Crippen MR) is 145 cm³/mol. The molecule has 1 spiro atoms. The van der Waals surface area contributed by atoms with Crippen LogP contribution in [0, 0.1) is 0 Å². The number of anilines is 1. The molecule has 38 heavy (non-hydrogen) atoms. The summed E-state index contributed by atoms with van der Waals surface area (Å²) in [6.07, 6.45) is 3.44. The summed E-state index contributed by atoms with van der Waals surface area (Å²) in [6.45, 7) is 13.1. The number of nitrogens with zero attached hydrogens (tertiary/aromatic N) is 3. The Morgan fingerprint density at radius 2 is 1.61 bits per heavy atom. The standard InChI is InChI=1S/C29H41BFN3O4/c1-27(2)28(3,4)38-30(37-27)19-5-6-24-25(13-19)34(22-14-21(15-22)33-10-7-20(31)16-33)26(35)29(24)8-11-32(12-9-29)23-17-36-18-23/h5-6,13,20-23H,7-12,14-18H2,1-4H3/t20-,21?,22?/m1/s1. The van der Waals surface area contributed by atoms with Crippen LogP contribution in [0.15, 0.2) is 18.2 Å². The van der Waals surface area contributed by atoms with Gasteiger partial charge in [-0.15, -0.1) is 0 Å². The summed E-state index contributed by atoms with van der Waals surface area (Å²) in [4.78, 5) is 21.3. The number of halogens is 1. The number of carbonyl (C=O) groups is 1. The van der Waals surface area contributed by atoms with Crippen molar-refractivity contribution in [2.45, 2.75) is 101 Å². The van der Waals surface area contributed by atoms with E-state index in [1.165, 1.54) is 5.56 Å². The van der Waals surface area contributed by atoms with Crippen molar-refractivity contribution in [2.75, 3.05) is 44.3 Å². The van der Waals surface area contributed by atoms with Crippen molar-refractivity contribution in [3.63, 3.8) is 0 Å². The molecule has 0 N–H and O–H groups in total. The van der Waals surface area contributed by atoms with Gasteiger partial charge in [-0.2, -0.15) is 0 Å². The lowest BCUT2D eigenvalue weighted by Crippen LogP contribution is -2.59. The molecule has 1 aromatic carbocycles. The summed E-state index contributed by atoms with van der Waals surface area (Å²) in [5, 5.41) is 0. The minimum Gasteiger partial charge on any atom is -0.399 e. The zero-order valence-corrected chi connectivity index (χ0v) is 23.2. The minimum absolute atomic E-state index is 0.163. The Labute approximate surface area is 226 Å². The number of carbonyl (C=O) groups excluding carboxylic acids is 1. The first-order valence-electron chi connectivity index (χ1n) is 14.6. The molecular weight excluding hydrogens is 484 g/mol. The Bertz CT molecular complexity index is 1100. The van der Waals surface area contributed by atoms with E-state index in [0.29, 0.717) is 25.0 Å². The SMILES string of the molecule is CC1(C)OB(c2ccc3c(c2)N(C2CC(N4CC[C@@H](F)C4)C2)C(=O)C32CCN(C3COC3)CC2)OC1(C)C. The van der Waals surface area contributed by atoms with E-state index < -0.39 is 29.9 Å². The second-order valence-corrected chi connectivity index (χ2v) is 13.5. The number of hydrogen-bond acceptors (Lipinski definition) is 6. The lowest BCUT2D eigenvalue weighted by molar-refractivity contribution is -0.128. The molecule has 5 aliphatic heterocycles. The van der Waals surface area contributed by atoms with E-state index >= 15 is 0 Å². The van der Waals surface area contributed by atoms with Crippen LogP contribution < -0.4 is 10.4 Å². The molecule has 5 fully saturated rings. The highest BCUT2D eigenvalue weighted by molar-refractivity contribution is 6.62. The van der Waals surface area contributed by atoms with E-state index in [0.717, 1.165) is 69.7 Å². The van der Waals surface area contributed by atoms with Crippen LogP contribution in [-0.4, -0.2) is 97.7 Å². The highest BCUT2D eigenvalue weighted by atomic mass is 19.1. The number of piperidine rings is 1. The minimum atomic E-state index is -0.708. The van der Waals surface area contributed by atoms with Gasteiger partial charge >= 0.3 is 7.12 Å². The molecule has 5 heterocycles. The molecule has 1 aromatic rings. The average Bonchev–Trinajstić information content (AvgIpc) is 3.40. The van der Waals surface area contributed by atoms with Gasteiger partial charge in [-0.25, -0.2) is 4.39 Å². The lowest BCUT2D eigenvalue weighted by atomic mass is 9.71. The third kappa shape index (κ3) is 3.75. The number of hydrogen-bond donors (Lipinski definition) is 0. The third-order valence-corrected chi connectivity index (χ3v) is 10.9. The largest absolute Gasteiger partial charge is 0.494 e. The number of amides is 1. The summed E-state index contributed by atoms with van der Waals surface area (Å²) in [5.41, 5.74) is 1.87. The van der Waals surface area contributed by atoms with Crippen LogP contribution in [0.25, 0.3) is 0 Å². The molecule has 0 aromatic heterocycles. The van der Waals surface area contributed by atoms with E-state index in [-0.39, 0.29) is 11.9 Å². The van der Waals surface area contributed by atoms with Crippen molar-refractivity contribution in [3.05, 3.63) is 23.8 Å². The summed E-state index contributed by atoms with van der Waals surface area (Å²) in [7, 11) is -0.459. The van der Waals surface area contributed by atoms with Crippen LogP contribution in [0.2, 0.25) is 0 Å². The Morgan fingerprint density at radius 3 is 2.18 bits per heavy atom. The van der Waals surface area contributed by atoms with Crippen LogP contribution in [0.3, 0.4) is 0 Å². The average molecular weight is 525 g/mol. The van der Waals surface area contributed by atoms with Gasteiger partial charge in [-0.1, -0.05) is 12.1 Å². The Hall–Kier alpha value is -1.52. The summed E-state index contributed by atoms with van der Waals surface area (Å²) in [5.74, 6) is 0.260. The summed E-state index contributed by atoms with van der Waals surface area (Å²) < 4.78 is 32.1. The van der Waals surface area contributed by atoms with Crippen molar-refractivity contribution in [3.8, 4) is 0 Å². The molecular formula is C29H41BFN3O4. The molecule has 0 radical (unpaired) electrons. The van der Waals surface area contributed by atoms with E-state index in [4.69, 9.17) is 14.0 Å². The quantitative estimate of drug-likeness (QED) is 0.564. The van der Waals surface area contributed by atoms with Gasteiger partial charge in [0.2, 0.25) is 5.91 Å². The van der Waals surface area contributed by atoms with Gasteiger partial charge in [-0.05, 0) is 90.0 Å². The number of benzene rings is 1. The van der Waals surface area contributed by atoms with E-state index in [1.807, 2.05) is 0 Å². The van der Waals surface area contributed by atoms with Crippen molar-refractivity contribution < 1.29 is 23.2 Å². The zero-order valence-electron chi connectivity index (χ0n) is 23.2. The zero-order chi connectivity index (χ0) is 26.4. The molecule has 1 saturated carbocycles. The van der Waals surface area contributed by atoms with Gasteiger partial charge in [0, 0.05) is 30.9 Å². The number of likely N-dealkylation sites (tertiary alicyclic amines) is 2. The van der Waals surface area contributed by atoms with Crippen LogP contribution in [-0.2, 0) is 24.3 Å². The second-order valence-electron chi connectivity index (χ2n) is 13.5. The van der Waals surface area contributed by atoms with Gasteiger partial charge in [-0.3, -0.25) is 14.6 Å². The van der Waals surface area contributed by atoms with Gasteiger partial charge in [0.1, 0.15) is 6.17 Å². The molecule has 206 valence electrons. The van der Waals surface area contributed by atoms with E-state index in [1.54, 1.807) is 0 Å². The molecule has 7 nitrogen and oxygen atoms in total. The molecule has 0 bridgehead atoms. The van der Waals surface area contributed by atoms with Gasteiger partial charge in [0.15, 0.2) is 0 Å². The number of fused-ring (bicyclic) bond motifs is 2. The first-order chi connectivity index (χ1) is 18.1. The molecule has 6 aliphatic rings. The first kappa shape index (κ1) is 25.5. The molecule has 4 saturated heterocycles. The maximum Gasteiger partial charge on any atom is 0.494 e. The normalized spacial score (nSPS) is 34.6. The van der Waals surface area contributed by atoms with E-state index in [2.05, 4.69) is 60.6 Å².